The highest BCUT2D eigenvalue weighted by Gasteiger charge is 2.44. The van der Waals surface area contributed by atoms with Gasteiger partial charge in [0.1, 0.15) is 19.8 Å². The summed E-state index contributed by atoms with van der Waals surface area (Å²) in [5.74, 6) is -1.08. The molecule has 0 radical (unpaired) electrons. The van der Waals surface area contributed by atoms with Gasteiger partial charge in [0.15, 0.2) is 0 Å². The average Bonchev–Trinajstić information content (AvgIpc) is 3.46. The summed E-state index contributed by atoms with van der Waals surface area (Å²) in [6.07, 6.45) is 24.9. The SMILES string of the molecule is CCCCC/C=C\CCOC(=O)CCCCC(=O)OCC(CO)(COC(=O)CCCCC(=O)OCC/C=C\CCCCC)COC(=O)C1CC2CCC2C1. The Morgan fingerprint density at radius 1 is 0.537 bits per heavy atom. The first kappa shape index (κ1) is 46.9. The minimum Gasteiger partial charge on any atom is -0.465 e. The summed E-state index contributed by atoms with van der Waals surface area (Å²) in [5.41, 5.74) is -1.33. The number of fused-ring (bicyclic) bond motifs is 1. The van der Waals surface area contributed by atoms with Crippen molar-refractivity contribution in [2.75, 3.05) is 39.6 Å². The molecule has 1 N–H and O–H groups in total. The number of carbonyl (C=O) groups excluding carboxylic acids is 5. The monoisotopic (exact) mass is 762 g/mol. The Labute approximate surface area is 324 Å². The van der Waals surface area contributed by atoms with Gasteiger partial charge in [0, 0.05) is 25.7 Å². The highest BCUT2D eigenvalue weighted by molar-refractivity contribution is 5.73. The van der Waals surface area contributed by atoms with E-state index in [2.05, 4.69) is 26.0 Å². The number of hydrogen-bond acceptors (Lipinski definition) is 11. The second-order valence-corrected chi connectivity index (χ2v) is 15.2. The standard InChI is InChI=1S/C43H70O11/c1-3-5-7-9-11-13-19-27-50-38(45)21-15-17-23-40(47)52-32-43(31-44,34-54-42(49)37-29-35-25-26-36(35)30-37)33-53-41(48)24-18-16-22-39(46)51-28-20-14-12-10-8-6-4-2/h11-14,35-37,44H,3-10,15-34H2,1-2H3/b13-11-,14-12-. The van der Waals surface area contributed by atoms with Crippen LogP contribution in [-0.2, 0) is 47.7 Å². The van der Waals surface area contributed by atoms with Crippen LogP contribution >= 0.6 is 0 Å². The molecule has 0 aromatic rings. The van der Waals surface area contributed by atoms with Crippen LogP contribution in [0, 0.1) is 23.2 Å². The molecule has 2 rings (SSSR count). The number of allylic oxidation sites excluding steroid dienone is 2. The number of aliphatic hydroxyl groups excluding tert-OH is 1. The molecule has 2 unspecified atom stereocenters. The number of hydrogen-bond donors (Lipinski definition) is 1. The third-order valence-electron chi connectivity index (χ3n) is 10.4. The van der Waals surface area contributed by atoms with E-state index in [1.807, 2.05) is 12.2 Å². The fraction of sp³-hybridized carbons (Fsp3) is 0.791. The third kappa shape index (κ3) is 21.0. The van der Waals surface area contributed by atoms with Crippen molar-refractivity contribution in [3.8, 4) is 0 Å². The van der Waals surface area contributed by atoms with Crippen LogP contribution in [0.15, 0.2) is 24.3 Å². The predicted molar refractivity (Wildman–Crippen MR) is 206 cm³/mol. The Hall–Kier alpha value is -3.21. The maximum atomic E-state index is 13.0. The molecule has 0 aromatic carbocycles. The lowest BCUT2D eigenvalue weighted by molar-refractivity contribution is -0.167. The van der Waals surface area contributed by atoms with Crippen LogP contribution in [0.2, 0.25) is 0 Å². The number of ether oxygens (including phenoxy) is 5. The molecule has 0 aliphatic heterocycles. The Bertz CT molecular complexity index is 1070. The van der Waals surface area contributed by atoms with Gasteiger partial charge in [0.25, 0.3) is 0 Å². The molecule has 0 aromatic heterocycles. The molecule has 0 amide bonds. The minimum absolute atomic E-state index is 0.0535. The topological polar surface area (TPSA) is 152 Å². The molecule has 0 spiro atoms. The molecule has 2 atom stereocenters. The van der Waals surface area contributed by atoms with E-state index in [0.29, 0.717) is 63.6 Å². The number of aliphatic hydroxyl groups is 1. The summed E-state index contributed by atoms with van der Waals surface area (Å²) in [6.45, 7) is 3.56. The van der Waals surface area contributed by atoms with E-state index in [9.17, 15) is 29.1 Å². The van der Waals surface area contributed by atoms with Crippen molar-refractivity contribution in [2.45, 2.75) is 155 Å². The molecule has 308 valence electrons. The van der Waals surface area contributed by atoms with Crippen LogP contribution in [0.3, 0.4) is 0 Å². The number of esters is 5. The van der Waals surface area contributed by atoms with Gasteiger partial charge in [0.2, 0.25) is 0 Å². The summed E-state index contributed by atoms with van der Waals surface area (Å²) < 4.78 is 27.2. The Morgan fingerprint density at radius 2 is 0.926 bits per heavy atom. The zero-order valence-electron chi connectivity index (χ0n) is 33.4. The fourth-order valence-corrected chi connectivity index (χ4v) is 6.69. The van der Waals surface area contributed by atoms with Crippen molar-refractivity contribution in [3.05, 3.63) is 24.3 Å². The van der Waals surface area contributed by atoms with E-state index < -0.39 is 24.0 Å². The van der Waals surface area contributed by atoms with Crippen LogP contribution in [0.25, 0.3) is 0 Å². The minimum atomic E-state index is -1.33. The maximum absolute atomic E-state index is 13.0. The summed E-state index contributed by atoms with van der Waals surface area (Å²) in [4.78, 5) is 62.4. The van der Waals surface area contributed by atoms with Gasteiger partial charge < -0.3 is 28.8 Å². The van der Waals surface area contributed by atoms with Crippen molar-refractivity contribution < 1.29 is 52.8 Å². The van der Waals surface area contributed by atoms with Gasteiger partial charge in [-0.05, 0) is 102 Å². The van der Waals surface area contributed by atoms with Gasteiger partial charge in [-0.3, -0.25) is 24.0 Å². The van der Waals surface area contributed by atoms with Crippen molar-refractivity contribution >= 4 is 29.8 Å². The molecule has 2 aliphatic rings. The lowest BCUT2D eigenvalue weighted by Gasteiger charge is -2.30. The van der Waals surface area contributed by atoms with Crippen LogP contribution < -0.4 is 0 Å². The van der Waals surface area contributed by atoms with Gasteiger partial charge in [-0.2, -0.15) is 0 Å². The molecule has 2 fully saturated rings. The van der Waals surface area contributed by atoms with Crippen molar-refractivity contribution in [2.24, 2.45) is 23.2 Å². The predicted octanol–water partition coefficient (Wildman–Crippen LogP) is 8.29. The summed E-state index contributed by atoms with van der Waals surface area (Å²) in [5, 5.41) is 10.4. The first-order valence-electron chi connectivity index (χ1n) is 20.9. The highest BCUT2D eigenvalue weighted by atomic mass is 16.6. The lowest BCUT2D eigenvalue weighted by atomic mass is 9.77. The van der Waals surface area contributed by atoms with Gasteiger partial charge in [0.05, 0.1) is 31.2 Å². The van der Waals surface area contributed by atoms with Gasteiger partial charge in [-0.15, -0.1) is 0 Å². The first-order chi connectivity index (χ1) is 26.2. The fourth-order valence-electron chi connectivity index (χ4n) is 6.69. The maximum Gasteiger partial charge on any atom is 0.308 e. The normalized spacial score (nSPS) is 17.9. The summed E-state index contributed by atoms with van der Waals surface area (Å²) >= 11 is 0. The molecule has 0 bridgehead atoms. The van der Waals surface area contributed by atoms with Crippen molar-refractivity contribution in [1.29, 1.82) is 0 Å². The van der Waals surface area contributed by atoms with E-state index in [1.54, 1.807) is 0 Å². The second-order valence-electron chi connectivity index (χ2n) is 15.2. The largest absolute Gasteiger partial charge is 0.465 e. The van der Waals surface area contributed by atoms with Gasteiger partial charge in [-0.25, -0.2) is 0 Å². The first-order valence-corrected chi connectivity index (χ1v) is 20.9. The molecule has 0 saturated heterocycles. The third-order valence-corrected chi connectivity index (χ3v) is 10.4. The van der Waals surface area contributed by atoms with E-state index in [-0.39, 0.29) is 69.3 Å². The van der Waals surface area contributed by atoms with Crippen molar-refractivity contribution in [3.63, 3.8) is 0 Å². The van der Waals surface area contributed by atoms with Gasteiger partial charge in [-0.1, -0.05) is 63.8 Å². The Kier molecular flexibility index (Phi) is 25.3. The second kappa shape index (κ2) is 29.1. The summed E-state index contributed by atoms with van der Waals surface area (Å²) in [7, 11) is 0. The molecule has 2 aliphatic carbocycles. The Morgan fingerprint density at radius 3 is 1.31 bits per heavy atom. The molecule has 2 saturated carbocycles. The van der Waals surface area contributed by atoms with Gasteiger partial charge >= 0.3 is 29.8 Å². The molecule has 0 heterocycles. The molecular formula is C43H70O11. The van der Waals surface area contributed by atoms with Crippen LogP contribution in [0.5, 0.6) is 0 Å². The quantitative estimate of drug-likeness (QED) is 0.0305. The van der Waals surface area contributed by atoms with Crippen molar-refractivity contribution in [1.82, 2.24) is 0 Å². The zero-order valence-corrected chi connectivity index (χ0v) is 33.4. The number of rotatable bonds is 32. The van der Waals surface area contributed by atoms with E-state index >= 15 is 0 Å². The zero-order chi connectivity index (χ0) is 39.3. The number of carbonyl (C=O) groups is 5. The van der Waals surface area contributed by atoms with E-state index in [1.165, 1.54) is 25.7 Å². The van der Waals surface area contributed by atoms with Crippen LogP contribution in [-0.4, -0.2) is 74.6 Å². The van der Waals surface area contributed by atoms with E-state index in [0.717, 1.165) is 51.4 Å². The van der Waals surface area contributed by atoms with E-state index in [4.69, 9.17) is 23.7 Å². The number of unbranched alkanes of at least 4 members (excludes halogenated alkanes) is 8. The summed E-state index contributed by atoms with van der Waals surface area (Å²) in [6, 6.07) is 0. The van der Waals surface area contributed by atoms with Crippen LogP contribution in [0.1, 0.15) is 155 Å². The molecular weight excluding hydrogens is 692 g/mol. The van der Waals surface area contributed by atoms with Crippen LogP contribution in [0.4, 0.5) is 0 Å². The molecule has 11 heteroatoms. The molecule has 11 nitrogen and oxygen atoms in total. The smallest absolute Gasteiger partial charge is 0.308 e. The molecule has 54 heavy (non-hydrogen) atoms. The Balaban J connectivity index is 1.73. The average molecular weight is 763 g/mol. The highest BCUT2D eigenvalue weighted by Crippen LogP contribution is 2.49. The lowest BCUT2D eigenvalue weighted by Crippen LogP contribution is -2.43.